The van der Waals surface area contributed by atoms with Crippen molar-refractivity contribution in [1.29, 1.82) is 0 Å². The molecule has 1 aromatic rings. The number of benzene rings is 1. The van der Waals surface area contributed by atoms with Gasteiger partial charge in [-0.2, -0.15) is 0 Å². The fourth-order valence-corrected chi connectivity index (χ4v) is 2.40. The third-order valence-corrected chi connectivity index (χ3v) is 3.40. The van der Waals surface area contributed by atoms with Crippen LogP contribution in [0.25, 0.3) is 0 Å². The molecule has 0 aromatic heterocycles. The van der Waals surface area contributed by atoms with E-state index in [4.69, 9.17) is 0 Å². The van der Waals surface area contributed by atoms with E-state index in [1.807, 2.05) is 22.6 Å². The highest BCUT2D eigenvalue weighted by molar-refractivity contribution is 14.1. The van der Waals surface area contributed by atoms with Gasteiger partial charge in [-0.15, -0.1) is 0 Å². The highest BCUT2D eigenvalue weighted by Gasteiger charge is 2.20. The Labute approximate surface area is 121 Å². The lowest BCUT2D eigenvalue weighted by atomic mass is 10.2. The number of carbonyl (C=O) groups excluding carboxylic acids is 1. The maximum atomic E-state index is 12.4. The summed E-state index contributed by atoms with van der Waals surface area (Å²) >= 11 is 5.18. The van der Waals surface area contributed by atoms with E-state index in [1.165, 1.54) is 0 Å². The molecule has 1 rings (SSSR count). The molecule has 0 radical (unpaired) electrons. The molecule has 6 heteroatoms. The third kappa shape index (κ3) is 4.50. The van der Waals surface area contributed by atoms with Gasteiger partial charge in [-0.05, 0) is 34.7 Å². The fraction of sp³-hybridized carbons (Fsp3) is 0.364. The van der Waals surface area contributed by atoms with Crippen LogP contribution in [0.2, 0.25) is 0 Å². The number of nitrogens with zero attached hydrogens (tertiary/aromatic N) is 1. The average Bonchev–Trinajstić information content (AvgIpc) is 2.28. The van der Waals surface area contributed by atoms with Crippen molar-refractivity contribution >= 4 is 44.4 Å². The Morgan fingerprint density at radius 1 is 1.41 bits per heavy atom. The zero-order chi connectivity index (χ0) is 12.8. The molecular formula is C11H11BrF2INO. The summed E-state index contributed by atoms with van der Waals surface area (Å²) in [7, 11) is 0. The van der Waals surface area contributed by atoms with Crippen LogP contribution in [-0.4, -0.2) is 35.7 Å². The summed E-state index contributed by atoms with van der Waals surface area (Å²) in [6.07, 6.45) is -2.51. The van der Waals surface area contributed by atoms with Crippen LogP contribution in [0.5, 0.6) is 0 Å². The zero-order valence-corrected chi connectivity index (χ0v) is 12.6. The van der Waals surface area contributed by atoms with Crippen LogP contribution in [0.4, 0.5) is 8.78 Å². The predicted octanol–water partition coefficient (Wildman–Crippen LogP) is 3.39. The lowest BCUT2D eigenvalue weighted by Crippen LogP contribution is -2.36. The van der Waals surface area contributed by atoms with E-state index in [0.717, 1.165) is 8.47 Å². The van der Waals surface area contributed by atoms with E-state index in [0.29, 0.717) is 10.9 Å². The second-order valence-electron chi connectivity index (χ2n) is 3.31. The Bertz CT molecular complexity index is 389. The summed E-state index contributed by atoms with van der Waals surface area (Å²) in [5, 5.41) is 0.481. The van der Waals surface area contributed by atoms with E-state index in [2.05, 4.69) is 15.9 Å². The standard InChI is InChI=1S/C11H11BrF2INO/c12-5-6-16(7-10(13)14)11(17)8-3-1-2-4-9(8)15/h1-4,10H,5-7H2. The van der Waals surface area contributed by atoms with Crippen LogP contribution in [0, 0.1) is 3.57 Å². The molecule has 0 aliphatic rings. The van der Waals surface area contributed by atoms with Gasteiger partial charge in [0.05, 0.1) is 12.1 Å². The Morgan fingerprint density at radius 2 is 2.06 bits per heavy atom. The van der Waals surface area contributed by atoms with Gasteiger partial charge in [0, 0.05) is 15.4 Å². The van der Waals surface area contributed by atoms with Crippen molar-refractivity contribution in [2.24, 2.45) is 0 Å². The van der Waals surface area contributed by atoms with Gasteiger partial charge in [-0.25, -0.2) is 8.78 Å². The predicted molar refractivity (Wildman–Crippen MR) is 74.9 cm³/mol. The van der Waals surface area contributed by atoms with Gasteiger partial charge in [-0.1, -0.05) is 28.1 Å². The number of rotatable bonds is 5. The van der Waals surface area contributed by atoms with Crippen LogP contribution in [-0.2, 0) is 0 Å². The van der Waals surface area contributed by atoms with Crippen molar-refractivity contribution in [2.75, 3.05) is 18.4 Å². The summed E-state index contributed by atoms with van der Waals surface area (Å²) in [6.45, 7) is -0.260. The van der Waals surface area contributed by atoms with E-state index < -0.39 is 13.0 Å². The van der Waals surface area contributed by atoms with Gasteiger partial charge < -0.3 is 4.90 Å². The summed E-state index contributed by atoms with van der Waals surface area (Å²) in [4.78, 5) is 13.2. The smallest absolute Gasteiger partial charge is 0.255 e. The van der Waals surface area contributed by atoms with E-state index in [1.54, 1.807) is 24.3 Å². The SMILES string of the molecule is O=C(c1ccccc1I)N(CCBr)CC(F)F. The van der Waals surface area contributed by atoms with Crippen molar-refractivity contribution in [2.45, 2.75) is 6.43 Å². The van der Waals surface area contributed by atoms with Crippen LogP contribution in [0.1, 0.15) is 10.4 Å². The minimum atomic E-state index is -2.51. The Morgan fingerprint density at radius 3 is 2.59 bits per heavy atom. The number of hydrogen-bond acceptors (Lipinski definition) is 1. The number of carbonyl (C=O) groups is 1. The maximum Gasteiger partial charge on any atom is 0.255 e. The summed E-state index contributed by atoms with van der Waals surface area (Å²) in [6, 6.07) is 6.96. The highest BCUT2D eigenvalue weighted by atomic mass is 127. The van der Waals surface area contributed by atoms with Gasteiger partial charge in [0.15, 0.2) is 0 Å². The molecular weight excluding hydrogens is 407 g/mol. The molecule has 0 aliphatic carbocycles. The molecule has 0 N–H and O–H groups in total. The molecule has 0 saturated heterocycles. The van der Waals surface area contributed by atoms with E-state index in [9.17, 15) is 13.6 Å². The summed E-state index contributed by atoms with van der Waals surface area (Å²) < 4.78 is 25.5. The second-order valence-corrected chi connectivity index (χ2v) is 5.27. The third-order valence-electron chi connectivity index (χ3n) is 2.10. The largest absolute Gasteiger partial charge is 0.332 e. The lowest BCUT2D eigenvalue weighted by Gasteiger charge is -2.21. The first-order valence-electron chi connectivity index (χ1n) is 4.94. The van der Waals surface area contributed by atoms with Crippen molar-refractivity contribution in [1.82, 2.24) is 4.90 Å². The molecule has 94 valence electrons. The molecule has 2 nitrogen and oxygen atoms in total. The van der Waals surface area contributed by atoms with Crippen LogP contribution in [0.15, 0.2) is 24.3 Å². The number of alkyl halides is 3. The minimum absolute atomic E-state index is 0.272. The topological polar surface area (TPSA) is 20.3 Å². The molecule has 0 aliphatic heterocycles. The van der Waals surface area contributed by atoms with E-state index in [-0.39, 0.29) is 12.5 Å². The minimum Gasteiger partial charge on any atom is -0.332 e. The molecule has 0 spiro atoms. The van der Waals surface area contributed by atoms with E-state index >= 15 is 0 Å². The Hall–Kier alpha value is -0.240. The first-order valence-corrected chi connectivity index (χ1v) is 7.14. The zero-order valence-electron chi connectivity index (χ0n) is 8.88. The normalized spacial score (nSPS) is 10.6. The van der Waals surface area contributed by atoms with Gasteiger partial charge in [-0.3, -0.25) is 4.79 Å². The molecule has 1 aromatic carbocycles. The maximum absolute atomic E-state index is 12.4. The molecule has 0 unspecified atom stereocenters. The molecule has 0 fully saturated rings. The summed E-state index contributed by atoms with van der Waals surface area (Å²) in [5.41, 5.74) is 0.467. The van der Waals surface area contributed by atoms with Crippen molar-refractivity contribution < 1.29 is 13.6 Å². The Kier molecular flexibility index (Phi) is 6.32. The van der Waals surface area contributed by atoms with Crippen molar-refractivity contribution in [3.8, 4) is 0 Å². The quantitative estimate of drug-likeness (QED) is 0.531. The highest BCUT2D eigenvalue weighted by Crippen LogP contribution is 2.15. The van der Waals surface area contributed by atoms with Gasteiger partial charge >= 0.3 is 0 Å². The van der Waals surface area contributed by atoms with Crippen molar-refractivity contribution in [3.63, 3.8) is 0 Å². The fourth-order valence-electron chi connectivity index (χ4n) is 1.35. The molecule has 0 saturated carbocycles. The van der Waals surface area contributed by atoms with Crippen LogP contribution in [0.3, 0.4) is 0 Å². The molecule has 0 heterocycles. The van der Waals surface area contributed by atoms with Gasteiger partial charge in [0.2, 0.25) is 0 Å². The molecule has 0 atom stereocenters. The first kappa shape index (κ1) is 14.8. The molecule has 0 bridgehead atoms. The van der Waals surface area contributed by atoms with Crippen LogP contribution < -0.4 is 0 Å². The average molecular weight is 418 g/mol. The molecule has 17 heavy (non-hydrogen) atoms. The Balaban J connectivity index is 2.88. The molecule has 1 amide bonds. The van der Waals surface area contributed by atoms with Crippen LogP contribution >= 0.6 is 38.5 Å². The number of halogens is 4. The first-order chi connectivity index (χ1) is 8.06. The lowest BCUT2D eigenvalue weighted by molar-refractivity contribution is 0.0571. The van der Waals surface area contributed by atoms with Crippen molar-refractivity contribution in [3.05, 3.63) is 33.4 Å². The van der Waals surface area contributed by atoms with Gasteiger partial charge in [0.25, 0.3) is 12.3 Å². The van der Waals surface area contributed by atoms with Gasteiger partial charge in [0.1, 0.15) is 0 Å². The number of amides is 1. The second kappa shape index (κ2) is 7.25. The summed E-state index contributed by atoms with van der Waals surface area (Å²) in [5.74, 6) is -0.352. The number of hydrogen-bond donors (Lipinski definition) is 0. The monoisotopic (exact) mass is 417 g/mol.